The first-order valence-corrected chi connectivity index (χ1v) is 10.6. The molecule has 0 fully saturated rings. The van der Waals surface area contributed by atoms with Crippen LogP contribution in [-0.4, -0.2) is 43.9 Å². The topological polar surface area (TPSA) is 70.3 Å². The third-order valence-electron chi connectivity index (χ3n) is 4.57. The minimum Gasteiger partial charge on any atom is -0.392 e. The van der Waals surface area contributed by atoms with Gasteiger partial charge in [0, 0.05) is 32.7 Å². The van der Waals surface area contributed by atoms with E-state index >= 15 is 0 Å². The van der Waals surface area contributed by atoms with Crippen LogP contribution in [0, 0.1) is 0 Å². The molecule has 0 rings (SSSR count). The molecular weight excluding hydrogens is 298 g/mol. The zero-order valence-electron chi connectivity index (χ0n) is 16.3. The maximum absolute atomic E-state index is 9.91. The second-order valence-electron chi connectivity index (χ2n) is 7.07. The van der Waals surface area contributed by atoms with Crippen LogP contribution in [0.5, 0.6) is 0 Å². The van der Waals surface area contributed by atoms with E-state index in [0.717, 1.165) is 32.5 Å². The number of nitrogens with two attached hydrogens (primary N) is 1. The van der Waals surface area contributed by atoms with Gasteiger partial charge in [0.15, 0.2) is 0 Å². The molecule has 0 spiro atoms. The molecule has 1 unspecified atom stereocenters. The van der Waals surface area contributed by atoms with Crippen LogP contribution in [0.25, 0.3) is 0 Å². The van der Waals surface area contributed by atoms with E-state index in [1.807, 2.05) is 0 Å². The van der Waals surface area contributed by atoms with Gasteiger partial charge in [0.25, 0.3) is 0 Å². The smallest absolute Gasteiger partial charge is 0.0664 e. The summed E-state index contributed by atoms with van der Waals surface area (Å²) in [4.78, 5) is 0. The van der Waals surface area contributed by atoms with Gasteiger partial charge >= 0.3 is 0 Å². The molecule has 0 aromatic carbocycles. The Bertz CT molecular complexity index is 227. The predicted octanol–water partition coefficient (Wildman–Crippen LogP) is 3.58. The number of nitrogens with one attached hydrogen (secondary N) is 2. The average molecular weight is 344 g/mol. The highest BCUT2D eigenvalue weighted by atomic mass is 16.3. The molecule has 0 saturated carbocycles. The van der Waals surface area contributed by atoms with Crippen molar-refractivity contribution in [3.8, 4) is 0 Å². The number of rotatable bonds is 20. The molecule has 0 aliphatic carbocycles. The summed E-state index contributed by atoms with van der Waals surface area (Å²) in [5.74, 6) is 0. The number of aliphatic hydroxyl groups excluding tert-OH is 1. The number of hydrogen-bond donors (Lipinski definition) is 4. The lowest BCUT2D eigenvalue weighted by molar-refractivity contribution is 0.158. The zero-order valence-corrected chi connectivity index (χ0v) is 16.3. The van der Waals surface area contributed by atoms with Crippen LogP contribution in [0.2, 0.25) is 0 Å². The van der Waals surface area contributed by atoms with Gasteiger partial charge in [-0.3, -0.25) is 0 Å². The van der Waals surface area contributed by atoms with Crippen LogP contribution in [0.4, 0.5) is 0 Å². The van der Waals surface area contributed by atoms with Crippen LogP contribution >= 0.6 is 0 Å². The second kappa shape index (κ2) is 20.9. The lowest BCUT2D eigenvalue weighted by Gasteiger charge is -2.12. The summed E-state index contributed by atoms with van der Waals surface area (Å²) < 4.78 is 0. The average Bonchev–Trinajstić information content (AvgIpc) is 2.59. The third-order valence-corrected chi connectivity index (χ3v) is 4.57. The van der Waals surface area contributed by atoms with Crippen LogP contribution < -0.4 is 16.4 Å². The van der Waals surface area contributed by atoms with Crippen molar-refractivity contribution in [3.05, 3.63) is 0 Å². The number of unbranched alkanes of at least 4 members (excludes halogenated alkanes) is 11. The monoisotopic (exact) mass is 343 g/mol. The molecule has 0 saturated heterocycles. The van der Waals surface area contributed by atoms with E-state index in [1.54, 1.807) is 0 Å². The van der Waals surface area contributed by atoms with Crippen molar-refractivity contribution in [2.24, 2.45) is 5.73 Å². The lowest BCUT2D eigenvalue weighted by atomic mass is 10.0. The fourth-order valence-corrected chi connectivity index (χ4v) is 3.00. The first-order chi connectivity index (χ1) is 11.8. The SMILES string of the molecule is CCCCCCCCCCCCCCC(O)CNCCNCCN. The van der Waals surface area contributed by atoms with Crippen LogP contribution in [0.3, 0.4) is 0 Å². The minimum atomic E-state index is -0.192. The Labute approximate surface area is 151 Å². The van der Waals surface area contributed by atoms with E-state index < -0.39 is 0 Å². The summed E-state index contributed by atoms with van der Waals surface area (Å²) in [6.45, 7) is 6.35. The van der Waals surface area contributed by atoms with Gasteiger partial charge in [0.1, 0.15) is 0 Å². The van der Waals surface area contributed by atoms with Crippen molar-refractivity contribution < 1.29 is 5.11 Å². The maximum atomic E-state index is 9.91. The summed E-state index contributed by atoms with van der Waals surface area (Å²) in [6, 6.07) is 0. The largest absolute Gasteiger partial charge is 0.392 e. The van der Waals surface area contributed by atoms with Gasteiger partial charge < -0.3 is 21.5 Å². The van der Waals surface area contributed by atoms with Gasteiger partial charge in [-0.1, -0.05) is 84.0 Å². The van der Waals surface area contributed by atoms with Gasteiger partial charge in [0.2, 0.25) is 0 Å². The lowest BCUT2D eigenvalue weighted by Crippen LogP contribution is -2.34. The van der Waals surface area contributed by atoms with Gasteiger partial charge in [0.05, 0.1) is 6.10 Å². The fraction of sp³-hybridized carbons (Fsp3) is 1.00. The molecule has 0 aromatic rings. The summed E-state index contributed by atoms with van der Waals surface area (Å²) in [5.41, 5.74) is 5.40. The van der Waals surface area contributed by atoms with Crippen molar-refractivity contribution in [2.45, 2.75) is 96.5 Å². The highest BCUT2D eigenvalue weighted by Gasteiger charge is 2.02. The molecule has 146 valence electrons. The molecule has 0 aliphatic heterocycles. The van der Waals surface area contributed by atoms with Crippen molar-refractivity contribution in [1.29, 1.82) is 0 Å². The molecule has 4 nitrogen and oxygen atoms in total. The third kappa shape index (κ3) is 19.9. The molecular formula is C20H45N3O. The summed E-state index contributed by atoms with van der Waals surface area (Å²) in [6.07, 6.45) is 17.2. The fourth-order valence-electron chi connectivity index (χ4n) is 3.00. The Kier molecular flexibility index (Phi) is 20.7. The van der Waals surface area contributed by atoms with Crippen LogP contribution in [0.15, 0.2) is 0 Å². The molecule has 0 heterocycles. The van der Waals surface area contributed by atoms with Crippen LogP contribution in [0.1, 0.15) is 90.4 Å². The predicted molar refractivity (Wildman–Crippen MR) is 106 cm³/mol. The molecule has 0 radical (unpaired) electrons. The quantitative estimate of drug-likeness (QED) is 0.255. The van der Waals surface area contributed by atoms with E-state index in [4.69, 9.17) is 5.73 Å². The number of hydrogen-bond acceptors (Lipinski definition) is 4. The minimum absolute atomic E-state index is 0.192. The maximum Gasteiger partial charge on any atom is 0.0664 e. The van der Waals surface area contributed by atoms with E-state index in [1.165, 1.54) is 70.6 Å². The molecule has 24 heavy (non-hydrogen) atoms. The summed E-state index contributed by atoms with van der Waals surface area (Å²) >= 11 is 0. The highest BCUT2D eigenvalue weighted by Crippen LogP contribution is 2.12. The highest BCUT2D eigenvalue weighted by molar-refractivity contribution is 4.61. The second-order valence-corrected chi connectivity index (χ2v) is 7.07. The molecule has 0 bridgehead atoms. The first-order valence-electron chi connectivity index (χ1n) is 10.6. The first kappa shape index (κ1) is 23.8. The summed E-state index contributed by atoms with van der Waals surface area (Å²) in [5, 5.41) is 16.4. The summed E-state index contributed by atoms with van der Waals surface area (Å²) in [7, 11) is 0. The van der Waals surface area contributed by atoms with Gasteiger partial charge in [-0.2, -0.15) is 0 Å². The van der Waals surface area contributed by atoms with E-state index in [9.17, 15) is 5.11 Å². The normalized spacial score (nSPS) is 12.6. The number of aliphatic hydroxyl groups is 1. The Morgan fingerprint density at radius 3 is 1.75 bits per heavy atom. The van der Waals surface area contributed by atoms with Crippen LogP contribution in [-0.2, 0) is 0 Å². The van der Waals surface area contributed by atoms with Crippen molar-refractivity contribution >= 4 is 0 Å². The Balaban J connectivity index is 3.10. The van der Waals surface area contributed by atoms with Crippen molar-refractivity contribution in [2.75, 3.05) is 32.7 Å². The Morgan fingerprint density at radius 2 is 1.21 bits per heavy atom. The van der Waals surface area contributed by atoms with Gasteiger partial charge in [-0.25, -0.2) is 0 Å². The van der Waals surface area contributed by atoms with E-state index in [0.29, 0.717) is 13.1 Å². The molecule has 1 atom stereocenters. The van der Waals surface area contributed by atoms with E-state index in [-0.39, 0.29) is 6.10 Å². The molecule has 0 amide bonds. The van der Waals surface area contributed by atoms with E-state index in [2.05, 4.69) is 17.6 Å². The molecule has 0 aliphatic rings. The standard InChI is InChI=1S/C20H45N3O/c1-2-3-4-5-6-7-8-9-10-11-12-13-14-20(24)19-23-18-17-22-16-15-21/h20,22-24H,2-19,21H2,1H3. The van der Waals surface area contributed by atoms with Gasteiger partial charge in [-0.05, 0) is 6.42 Å². The van der Waals surface area contributed by atoms with Gasteiger partial charge in [-0.15, -0.1) is 0 Å². The Hall–Kier alpha value is -0.160. The van der Waals surface area contributed by atoms with Crippen molar-refractivity contribution in [1.82, 2.24) is 10.6 Å². The molecule has 0 aromatic heterocycles. The van der Waals surface area contributed by atoms with Crippen molar-refractivity contribution in [3.63, 3.8) is 0 Å². The molecule has 4 heteroatoms. The zero-order chi connectivity index (χ0) is 17.7. The Morgan fingerprint density at radius 1 is 0.708 bits per heavy atom. The molecule has 5 N–H and O–H groups in total.